The second-order valence-corrected chi connectivity index (χ2v) is 5.06. The van der Waals surface area contributed by atoms with Gasteiger partial charge in [0.05, 0.1) is 5.56 Å². The van der Waals surface area contributed by atoms with Crippen LogP contribution in [-0.4, -0.2) is 21.9 Å². The van der Waals surface area contributed by atoms with E-state index in [1.165, 1.54) is 24.5 Å². The molecule has 1 aromatic carbocycles. The number of benzene rings is 1. The molecule has 122 valence electrons. The summed E-state index contributed by atoms with van der Waals surface area (Å²) >= 11 is 0. The van der Waals surface area contributed by atoms with Gasteiger partial charge in [-0.3, -0.25) is 4.79 Å². The van der Waals surface area contributed by atoms with Crippen LogP contribution in [0.15, 0.2) is 36.7 Å². The highest BCUT2D eigenvalue weighted by Crippen LogP contribution is 2.29. The highest BCUT2D eigenvalue weighted by Gasteiger charge is 2.29. The van der Waals surface area contributed by atoms with Gasteiger partial charge in [0, 0.05) is 18.4 Å². The summed E-state index contributed by atoms with van der Waals surface area (Å²) in [7, 11) is 0. The molecular weight excluding hydrogens is 309 g/mol. The Hall–Kier alpha value is -2.64. The summed E-state index contributed by atoms with van der Waals surface area (Å²) in [6, 6.07) is 4.51. The van der Waals surface area contributed by atoms with E-state index >= 15 is 0 Å². The fourth-order valence-electron chi connectivity index (χ4n) is 2.05. The first-order valence-electron chi connectivity index (χ1n) is 6.81. The molecule has 1 heterocycles. The number of aromatic nitrogens is 2. The predicted octanol–water partition coefficient (Wildman–Crippen LogP) is 2.44. The molecule has 0 fully saturated rings. The Bertz CT molecular complexity index is 686. The van der Waals surface area contributed by atoms with Crippen molar-refractivity contribution in [3.05, 3.63) is 53.5 Å². The molecule has 0 aliphatic heterocycles. The summed E-state index contributed by atoms with van der Waals surface area (Å²) in [5.41, 5.74) is 5.56. The summed E-state index contributed by atoms with van der Waals surface area (Å²) in [6.07, 6.45) is -1.25. The van der Waals surface area contributed by atoms with Crippen molar-refractivity contribution in [2.45, 2.75) is 25.6 Å². The molecule has 0 radical (unpaired) electrons. The van der Waals surface area contributed by atoms with Gasteiger partial charge in [0.2, 0.25) is 0 Å². The molecule has 0 bridgehead atoms. The molecule has 5 nitrogen and oxygen atoms in total. The van der Waals surface area contributed by atoms with Crippen molar-refractivity contribution >= 4 is 11.7 Å². The number of carbonyl (C=O) groups is 1. The van der Waals surface area contributed by atoms with Crippen LogP contribution >= 0.6 is 0 Å². The van der Waals surface area contributed by atoms with Crippen molar-refractivity contribution in [1.82, 2.24) is 15.3 Å². The summed E-state index contributed by atoms with van der Waals surface area (Å²) in [4.78, 5) is 19.6. The molecule has 1 atom stereocenters. The lowest BCUT2D eigenvalue weighted by Crippen LogP contribution is -2.35. The molecule has 0 saturated heterocycles. The van der Waals surface area contributed by atoms with Crippen molar-refractivity contribution < 1.29 is 18.0 Å². The maximum absolute atomic E-state index is 12.5. The summed E-state index contributed by atoms with van der Waals surface area (Å²) in [6.45, 7) is 1.74. The van der Waals surface area contributed by atoms with Crippen LogP contribution in [-0.2, 0) is 12.6 Å². The molecule has 3 N–H and O–H groups in total. The van der Waals surface area contributed by atoms with Crippen LogP contribution < -0.4 is 11.1 Å². The molecule has 2 rings (SSSR count). The third-order valence-corrected chi connectivity index (χ3v) is 3.14. The van der Waals surface area contributed by atoms with Crippen molar-refractivity contribution in [3.63, 3.8) is 0 Å². The van der Waals surface area contributed by atoms with Crippen LogP contribution in [0, 0.1) is 0 Å². The van der Waals surface area contributed by atoms with Crippen LogP contribution in [0.1, 0.15) is 28.5 Å². The van der Waals surface area contributed by atoms with E-state index in [0.29, 0.717) is 12.0 Å². The van der Waals surface area contributed by atoms with Crippen LogP contribution in [0.25, 0.3) is 0 Å². The van der Waals surface area contributed by atoms with Crippen molar-refractivity contribution in [1.29, 1.82) is 0 Å². The number of rotatable bonds is 4. The van der Waals surface area contributed by atoms with Crippen LogP contribution in [0.4, 0.5) is 19.0 Å². The van der Waals surface area contributed by atoms with Crippen molar-refractivity contribution in [3.8, 4) is 0 Å². The average molecular weight is 324 g/mol. The Morgan fingerprint density at radius 2 is 1.83 bits per heavy atom. The van der Waals surface area contributed by atoms with Gasteiger partial charge in [-0.1, -0.05) is 12.1 Å². The molecule has 0 aliphatic carbocycles. The summed E-state index contributed by atoms with van der Waals surface area (Å²) in [5, 5.41) is 2.69. The maximum Gasteiger partial charge on any atom is 0.416 e. The number of carbonyl (C=O) groups excluding carboxylic acids is 1. The van der Waals surface area contributed by atoms with Gasteiger partial charge in [0.25, 0.3) is 5.91 Å². The number of amides is 1. The monoisotopic (exact) mass is 324 g/mol. The van der Waals surface area contributed by atoms with Gasteiger partial charge in [0.1, 0.15) is 0 Å². The molecular formula is C15H15F3N4O. The molecule has 0 aliphatic rings. The van der Waals surface area contributed by atoms with Gasteiger partial charge in [0.15, 0.2) is 11.5 Å². The van der Waals surface area contributed by atoms with Gasteiger partial charge in [-0.05, 0) is 31.0 Å². The van der Waals surface area contributed by atoms with Gasteiger partial charge in [-0.15, -0.1) is 0 Å². The fraction of sp³-hybridized carbons (Fsp3) is 0.267. The zero-order chi connectivity index (χ0) is 17.0. The molecule has 8 heteroatoms. The minimum atomic E-state index is -4.36. The average Bonchev–Trinajstić information content (AvgIpc) is 2.47. The number of anilines is 1. The maximum atomic E-state index is 12.5. The topological polar surface area (TPSA) is 80.9 Å². The number of nitrogens with two attached hydrogens (primary N) is 1. The quantitative estimate of drug-likeness (QED) is 0.905. The number of hydrogen-bond acceptors (Lipinski definition) is 4. The lowest BCUT2D eigenvalue weighted by atomic mass is 10.0. The van der Waals surface area contributed by atoms with Gasteiger partial charge < -0.3 is 11.1 Å². The van der Waals surface area contributed by atoms with E-state index in [-0.39, 0.29) is 17.6 Å². The van der Waals surface area contributed by atoms with Crippen LogP contribution in [0.5, 0.6) is 0 Å². The van der Waals surface area contributed by atoms with E-state index in [0.717, 1.165) is 12.1 Å². The Kier molecular flexibility index (Phi) is 4.83. The standard InChI is InChI=1S/C15H15F3N4O/c1-9(22-14(23)12-13(19)21-7-6-20-12)8-10-2-4-11(5-3-10)15(16,17)18/h2-7,9H,8H2,1H3,(H2,19,21)(H,22,23). The van der Waals surface area contributed by atoms with E-state index in [4.69, 9.17) is 5.73 Å². The number of hydrogen-bond donors (Lipinski definition) is 2. The smallest absolute Gasteiger partial charge is 0.382 e. The SMILES string of the molecule is CC(Cc1ccc(C(F)(F)F)cc1)NC(=O)c1nccnc1N. The Morgan fingerprint density at radius 3 is 2.39 bits per heavy atom. The first kappa shape index (κ1) is 16.7. The van der Waals surface area contributed by atoms with Crippen LogP contribution in [0.2, 0.25) is 0 Å². The molecule has 1 amide bonds. The fourth-order valence-corrected chi connectivity index (χ4v) is 2.05. The van der Waals surface area contributed by atoms with Gasteiger partial charge in [-0.25, -0.2) is 9.97 Å². The van der Waals surface area contributed by atoms with E-state index in [2.05, 4.69) is 15.3 Å². The minimum absolute atomic E-state index is 0.0201. The van der Waals surface area contributed by atoms with E-state index < -0.39 is 17.6 Å². The highest BCUT2D eigenvalue weighted by molar-refractivity contribution is 5.96. The second-order valence-electron chi connectivity index (χ2n) is 5.06. The Morgan fingerprint density at radius 1 is 1.22 bits per heavy atom. The molecule has 1 aromatic heterocycles. The van der Waals surface area contributed by atoms with Gasteiger partial charge in [-0.2, -0.15) is 13.2 Å². The normalized spacial score (nSPS) is 12.7. The number of nitrogens with zero attached hydrogens (tertiary/aromatic N) is 2. The van der Waals surface area contributed by atoms with E-state index in [1.54, 1.807) is 6.92 Å². The van der Waals surface area contributed by atoms with Gasteiger partial charge >= 0.3 is 6.18 Å². The molecule has 0 spiro atoms. The molecule has 1 unspecified atom stereocenters. The zero-order valence-corrected chi connectivity index (χ0v) is 12.3. The third-order valence-electron chi connectivity index (χ3n) is 3.14. The second kappa shape index (κ2) is 6.64. The molecule has 23 heavy (non-hydrogen) atoms. The van der Waals surface area contributed by atoms with E-state index in [1.807, 2.05) is 0 Å². The predicted molar refractivity (Wildman–Crippen MR) is 78.5 cm³/mol. The zero-order valence-electron chi connectivity index (χ0n) is 12.3. The summed E-state index contributed by atoms with van der Waals surface area (Å²) in [5.74, 6) is -0.457. The lowest BCUT2D eigenvalue weighted by molar-refractivity contribution is -0.137. The molecule has 0 saturated carbocycles. The largest absolute Gasteiger partial charge is 0.416 e. The van der Waals surface area contributed by atoms with Crippen molar-refractivity contribution in [2.75, 3.05) is 5.73 Å². The summed E-state index contributed by atoms with van der Waals surface area (Å²) < 4.78 is 37.5. The van der Waals surface area contributed by atoms with Crippen molar-refractivity contribution in [2.24, 2.45) is 0 Å². The Labute approximate surface area is 130 Å². The number of alkyl halides is 3. The van der Waals surface area contributed by atoms with E-state index in [9.17, 15) is 18.0 Å². The first-order valence-corrected chi connectivity index (χ1v) is 6.81. The highest BCUT2D eigenvalue weighted by atomic mass is 19.4. The number of nitrogens with one attached hydrogen (secondary N) is 1. The van der Waals surface area contributed by atoms with Crippen LogP contribution in [0.3, 0.4) is 0 Å². The first-order chi connectivity index (χ1) is 10.8. The molecule has 2 aromatic rings. The number of halogens is 3. The number of nitrogen functional groups attached to an aromatic ring is 1. The minimum Gasteiger partial charge on any atom is -0.382 e. The lowest BCUT2D eigenvalue weighted by Gasteiger charge is -2.14. The third kappa shape index (κ3) is 4.41. The Balaban J connectivity index is 1.98.